The molecule has 4 nitrogen and oxygen atoms in total. The monoisotopic (exact) mass is 207 g/mol. The van der Waals surface area contributed by atoms with Gasteiger partial charge in [0, 0.05) is 17.2 Å². The summed E-state index contributed by atoms with van der Waals surface area (Å²) >= 11 is 0. The predicted octanol–water partition coefficient (Wildman–Crippen LogP) is 1.11. The number of ether oxygens (including phenoxy) is 2. The van der Waals surface area contributed by atoms with Crippen molar-refractivity contribution in [3.8, 4) is 17.2 Å². The number of phenols is 1. The Bertz CT molecular complexity index is 413. The first-order valence-electron chi connectivity index (χ1n) is 5.11. The van der Waals surface area contributed by atoms with Crippen LogP contribution in [0.2, 0.25) is 0 Å². The van der Waals surface area contributed by atoms with E-state index in [-0.39, 0.29) is 11.3 Å². The van der Waals surface area contributed by atoms with E-state index in [2.05, 4.69) is 0 Å². The lowest BCUT2D eigenvalue weighted by molar-refractivity contribution is 0.168. The van der Waals surface area contributed by atoms with Crippen LogP contribution in [0.3, 0.4) is 0 Å². The van der Waals surface area contributed by atoms with Crippen molar-refractivity contribution in [2.24, 2.45) is 5.73 Å². The highest BCUT2D eigenvalue weighted by molar-refractivity contribution is 5.56. The summed E-state index contributed by atoms with van der Waals surface area (Å²) < 4.78 is 11.0. The van der Waals surface area contributed by atoms with E-state index in [0.717, 1.165) is 18.4 Å². The van der Waals surface area contributed by atoms with E-state index in [4.69, 9.17) is 15.2 Å². The van der Waals surface area contributed by atoms with Crippen LogP contribution in [0.5, 0.6) is 17.2 Å². The largest absolute Gasteiger partial charge is 0.508 e. The average molecular weight is 207 g/mol. The first-order chi connectivity index (χ1) is 7.19. The standard InChI is InChI=1S/C11H13NO3/c12-11(1-2-11)8-5-7(13)6-9-10(8)15-4-3-14-9/h5-6,13H,1-4,12H2. The lowest BCUT2D eigenvalue weighted by Gasteiger charge is -2.23. The summed E-state index contributed by atoms with van der Waals surface area (Å²) in [6.45, 7) is 1.06. The third-order valence-corrected chi connectivity index (χ3v) is 2.95. The van der Waals surface area contributed by atoms with Crippen molar-refractivity contribution in [2.75, 3.05) is 13.2 Å². The van der Waals surface area contributed by atoms with Gasteiger partial charge in [-0.3, -0.25) is 0 Å². The highest BCUT2D eigenvalue weighted by Gasteiger charge is 2.43. The van der Waals surface area contributed by atoms with Gasteiger partial charge in [-0.2, -0.15) is 0 Å². The van der Waals surface area contributed by atoms with E-state index in [0.29, 0.717) is 24.7 Å². The molecule has 0 atom stereocenters. The van der Waals surface area contributed by atoms with Gasteiger partial charge in [-0.25, -0.2) is 0 Å². The number of rotatable bonds is 1. The SMILES string of the molecule is NC1(c2cc(O)cc3c2OCCO3)CC1. The fraction of sp³-hybridized carbons (Fsp3) is 0.455. The Morgan fingerprint density at radius 3 is 2.67 bits per heavy atom. The number of hydrogen-bond acceptors (Lipinski definition) is 4. The number of benzene rings is 1. The summed E-state index contributed by atoms with van der Waals surface area (Å²) in [5.41, 5.74) is 6.67. The molecular formula is C11H13NO3. The van der Waals surface area contributed by atoms with Crippen LogP contribution >= 0.6 is 0 Å². The van der Waals surface area contributed by atoms with Crippen molar-refractivity contribution in [3.63, 3.8) is 0 Å². The maximum Gasteiger partial charge on any atom is 0.166 e. The Hall–Kier alpha value is -1.42. The van der Waals surface area contributed by atoms with Crippen molar-refractivity contribution >= 4 is 0 Å². The molecule has 0 amide bonds. The molecular weight excluding hydrogens is 194 g/mol. The van der Waals surface area contributed by atoms with Crippen LogP contribution in [0.15, 0.2) is 12.1 Å². The van der Waals surface area contributed by atoms with Gasteiger partial charge in [-0.05, 0) is 18.9 Å². The van der Waals surface area contributed by atoms with Gasteiger partial charge in [0.05, 0.1) is 0 Å². The lowest BCUT2D eigenvalue weighted by Crippen LogP contribution is -2.23. The summed E-state index contributed by atoms with van der Waals surface area (Å²) in [6, 6.07) is 3.25. The first-order valence-corrected chi connectivity index (χ1v) is 5.11. The number of aromatic hydroxyl groups is 1. The number of fused-ring (bicyclic) bond motifs is 1. The molecule has 0 radical (unpaired) electrons. The van der Waals surface area contributed by atoms with E-state index in [1.165, 1.54) is 0 Å². The minimum Gasteiger partial charge on any atom is -0.508 e. The number of hydrogen-bond donors (Lipinski definition) is 2. The molecule has 4 heteroatoms. The third-order valence-electron chi connectivity index (χ3n) is 2.95. The number of nitrogens with two attached hydrogens (primary N) is 1. The Kier molecular flexibility index (Phi) is 1.65. The molecule has 3 N–H and O–H groups in total. The Morgan fingerprint density at radius 1 is 1.20 bits per heavy atom. The zero-order valence-corrected chi connectivity index (χ0v) is 8.32. The van der Waals surface area contributed by atoms with Crippen molar-refractivity contribution in [1.29, 1.82) is 0 Å². The van der Waals surface area contributed by atoms with Crippen molar-refractivity contribution < 1.29 is 14.6 Å². The molecule has 0 unspecified atom stereocenters. The van der Waals surface area contributed by atoms with E-state index in [9.17, 15) is 5.11 Å². The van der Waals surface area contributed by atoms with Gasteiger partial charge in [-0.15, -0.1) is 0 Å². The summed E-state index contributed by atoms with van der Waals surface area (Å²) in [5, 5.41) is 9.57. The third kappa shape index (κ3) is 1.33. The molecule has 15 heavy (non-hydrogen) atoms. The van der Waals surface area contributed by atoms with Gasteiger partial charge in [0.15, 0.2) is 11.5 Å². The second-order valence-corrected chi connectivity index (χ2v) is 4.17. The fourth-order valence-corrected chi connectivity index (χ4v) is 1.91. The van der Waals surface area contributed by atoms with Gasteiger partial charge in [0.25, 0.3) is 0 Å². The molecule has 3 rings (SSSR count). The average Bonchev–Trinajstić information content (AvgIpc) is 2.96. The highest BCUT2D eigenvalue weighted by Crippen LogP contribution is 2.51. The van der Waals surface area contributed by atoms with Gasteiger partial charge >= 0.3 is 0 Å². The van der Waals surface area contributed by atoms with Crippen molar-refractivity contribution in [3.05, 3.63) is 17.7 Å². The second-order valence-electron chi connectivity index (χ2n) is 4.17. The summed E-state index contributed by atoms with van der Waals surface area (Å²) in [4.78, 5) is 0. The fourth-order valence-electron chi connectivity index (χ4n) is 1.91. The molecule has 1 saturated carbocycles. The van der Waals surface area contributed by atoms with Gasteiger partial charge < -0.3 is 20.3 Å². The summed E-state index contributed by atoms with van der Waals surface area (Å²) in [6.07, 6.45) is 1.87. The molecule has 1 aromatic carbocycles. The van der Waals surface area contributed by atoms with Crippen LogP contribution in [0.25, 0.3) is 0 Å². The van der Waals surface area contributed by atoms with E-state index in [1.807, 2.05) is 0 Å². The normalized spacial score (nSPS) is 21.1. The molecule has 1 fully saturated rings. The molecule has 80 valence electrons. The molecule has 0 aromatic heterocycles. The minimum atomic E-state index is -0.316. The van der Waals surface area contributed by atoms with Gasteiger partial charge in [0.2, 0.25) is 0 Å². The summed E-state index contributed by atoms with van der Waals surface area (Å²) in [7, 11) is 0. The van der Waals surface area contributed by atoms with Crippen LogP contribution in [0.4, 0.5) is 0 Å². The quantitative estimate of drug-likeness (QED) is 0.724. The molecule has 0 bridgehead atoms. The van der Waals surface area contributed by atoms with Gasteiger partial charge in [-0.1, -0.05) is 0 Å². The summed E-state index contributed by atoms with van der Waals surface area (Å²) in [5.74, 6) is 1.50. The second kappa shape index (κ2) is 2.79. The van der Waals surface area contributed by atoms with Crippen molar-refractivity contribution in [2.45, 2.75) is 18.4 Å². The van der Waals surface area contributed by atoms with Crippen LogP contribution in [0, 0.1) is 0 Å². The van der Waals surface area contributed by atoms with Crippen LogP contribution in [-0.2, 0) is 5.54 Å². The van der Waals surface area contributed by atoms with E-state index < -0.39 is 0 Å². The molecule has 1 aliphatic carbocycles. The van der Waals surface area contributed by atoms with Crippen LogP contribution in [0.1, 0.15) is 18.4 Å². The zero-order valence-electron chi connectivity index (χ0n) is 8.32. The van der Waals surface area contributed by atoms with Crippen LogP contribution < -0.4 is 15.2 Å². The highest BCUT2D eigenvalue weighted by atomic mass is 16.6. The molecule has 0 spiro atoms. The maximum atomic E-state index is 9.57. The maximum absolute atomic E-state index is 9.57. The first kappa shape index (κ1) is 8.85. The molecule has 1 aromatic rings. The smallest absolute Gasteiger partial charge is 0.166 e. The zero-order chi connectivity index (χ0) is 10.5. The topological polar surface area (TPSA) is 64.7 Å². The molecule has 1 aliphatic heterocycles. The minimum absolute atomic E-state index is 0.186. The van der Waals surface area contributed by atoms with E-state index in [1.54, 1.807) is 12.1 Å². The van der Waals surface area contributed by atoms with Gasteiger partial charge in [0.1, 0.15) is 19.0 Å². The molecule has 0 saturated heterocycles. The number of phenolic OH excluding ortho intramolecular Hbond substituents is 1. The van der Waals surface area contributed by atoms with Crippen LogP contribution in [-0.4, -0.2) is 18.3 Å². The molecule has 2 aliphatic rings. The van der Waals surface area contributed by atoms with E-state index >= 15 is 0 Å². The predicted molar refractivity (Wildman–Crippen MR) is 54.2 cm³/mol. The van der Waals surface area contributed by atoms with Crippen molar-refractivity contribution in [1.82, 2.24) is 0 Å². The Balaban J connectivity index is 2.15. The lowest BCUT2D eigenvalue weighted by atomic mass is 10.0. The molecule has 1 heterocycles. The Labute approximate surface area is 87.6 Å². The Morgan fingerprint density at radius 2 is 1.93 bits per heavy atom.